The Morgan fingerprint density at radius 3 is 2.69 bits per heavy atom. The number of imidazole rings is 1. The first-order valence-electron chi connectivity index (χ1n) is 13.9. The van der Waals surface area contributed by atoms with Gasteiger partial charge in [-0.15, -0.1) is 11.3 Å². The van der Waals surface area contributed by atoms with Gasteiger partial charge in [-0.25, -0.2) is 13.8 Å². The number of fused-ring (bicyclic) bond motifs is 1. The SMILES string of the molecule is CC(C)/C=C(\C#N)C(=O)N1CCC[C@@H]1Cn1c(NC(=O)c2ccc(C(F)F)s2)nc2cc(CNCC(C)(C)O)ccc21. The highest BCUT2D eigenvalue weighted by molar-refractivity contribution is 7.14. The van der Waals surface area contributed by atoms with Gasteiger partial charge in [0.1, 0.15) is 11.6 Å². The number of nitrogens with zero attached hydrogens (tertiary/aromatic N) is 4. The zero-order valence-corrected chi connectivity index (χ0v) is 25.0. The number of thiophene rings is 1. The summed E-state index contributed by atoms with van der Waals surface area (Å²) < 4.78 is 28.1. The Morgan fingerprint density at radius 1 is 1.29 bits per heavy atom. The number of benzene rings is 1. The number of allylic oxidation sites excluding steroid dienone is 1. The minimum atomic E-state index is -2.67. The molecule has 1 aromatic carbocycles. The van der Waals surface area contributed by atoms with E-state index in [1.54, 1.807) is 24.8 Å². The lowest BCUT2D eigenvalue weighted by Gasteiger charge is -2.26. The number of hydrogen-bond acceptors (Lipinski definition) is 7. The number of aliphatic hydroxyl groups is 1. The molecule has 9 nitrogen and oxygen atoms in total. The van der Waals surface area contributed by atoms with E-state index in [9.17, 15) is 28.7 Å². The Hall–Kier alpha value is -3.66. The van der Waals surface area contributed by atoms with Gasteiger partial charge in [-0.05, 0) is 62.4 Å². The summed E-state index contributed by atoms with van der Waals surface area (Å²) >= 11 is 0.725. The van der Waals surface area contributed by atoms with Crippen molar-refractivity contribution in [3.63, 3.8) is 0 Å². The highest BCUT2D eigenvalue weighted by atomic mass is 32.1. The fraction of sp³-hybridized carbons (Fsp3) is 0.467. The fourth-order valence-corrected chi connectivity index (χ4v) is 5.74. The van der Waals surface area contributed by atoms with E-state index in [0.717, 1.165) is 28.8 Å². The molecular weight excluding hydrogens is 562 g/mol. The van der Waals surface area contributed by atoms with Crippen molar-refractivity contribution >= 4 is 40.1 Å². The van der Waals surface area contributed by atoms with Crippen molar-refractivity contribution in [2.24, 2.45) is 5.92 Å². The van der Waals surface area contributed by atoms with E-state index in [1.807, 2.05) is 42.7 Å². The largest absolute Gasteiger partial charge is 0.389 e. The van der Waals surface area contributed by atoms with Crippen LogP contribution in [0.2, 0.25) is 0 Å². The molecule has 0 radical (unpaired) electrons. The van der Waals surface area contributed by atoms with Gasteiger partial charge in [-0.2, -0.15) is 5.26 Å². The highest BCUT2D eigenvalue weighted by Gasteiger charge is 2.32. The molecule has 1 fully saturated rings. The van der Waals surface area contributed by atoms with Crippen LogP contribution in [0.15, 0.2) is 42.0 Å². The molecule has 2 aromatic heterocycles. The number of halogens is 2. The molecule has 0 bridgehead atoms. The first-order valence-corrected chi connectivity index (χ1v) is 14.7. The van der Waals surface area contributed by atoms with Gasteiger partial charge in [0.05, 0.1) is 32.4 Å². The van der Waals surface area contributed by atoms with E-state index in [0.29, 0.717) is 38.1 Å². The Morgan fingerprint density at radius 2 is 2.05 bits per heavy atom. The first-order chi connectivity index (χ1) is 19.9. The van der Waals surface area contributed by atoms with Gasteiger partial charge in [0.25, 0.3) is 18.2 Å². The molecule has 3 heterocycles. The molecule has 1 saturated heterocycles. The van der Waals surface area contributed by atoms with Crippen LogP contribution < -0.4 is 10.6 Å². The Labute approximate surface area is 247 Å². The predicted octanol–water partition coefficient (Wildman–Crippen LogP) is 5.25. The summed E-state index contributed by atoms with van der Waals surface area (Å²) in [5, 5.41) is 25.6. The minimum Gasteiger partial charge on any atom is -0.389 e. The summed E-state index contributed by atoms with van der Waals surface area (Å²) in [6.07, 6.45) is 0.477. The summed E-state index contributed by atoms with van der Waals surface area (Å²) in [5.41, 5.74) is 1.50. The quantitative estimate of drug-likeness (QED) is 0.205. The first kappa shape index (κ1) is 31.3. The molecule has 0 saturated carbocycles. The third kappa shape index (κ3) is 7.59. The lowest BCUT2D eigenvalue weighted by atomic mass is 10.1. The van der Waals surface area contributed by atoms with Crippen LogP contribution >= 0.6 is 11.3 Å². The predicted molar refractivity (Wildman–Crippen MR) is 158 cm³/mol. The Bertz CT molecular complexity index is 1520. The molecule has 1 aliphatic rings. The molecule has 42 heavy (non-hydrogen) atoms. The van der Waals surface area contributed by atoms with Crippen LogP contribution in [0.4, 0.5) is 14.7 Å². The van der Waals surface area contributed by atoms with Crippen LogP contribution in [0.5, 0.6) is 0 Å². The molecule has 3 N–H and O–H groups in total. The van der Waals surface area contributed by atoms with Gasteiger partial charge in [-0.1, -0.05) is 26.0 Å². The summed E-state index contributed by atoms with van der Waals surface area (Å²) in [6.45, 7) is 8.96. The van der Waals surface area contributed by atoms with Crippen molar-refractivity contribution in [3.8, 4) is 6.07 Å². The van der Waals surface area contributed by atoms with Gasteiger partial charge < -0.3 is 19.9 Å². The summed E-state index contributed by atoms with van der Waals surface area (Å²) in [5.74, 6) is -0.594. The average molecular weight is 599 g/mol. The second kappa shape index (κ2) is 13.1. The van der Waals surface area contributed by atoms with Crippen molar-refractivity contribution in [1.29, 1.82) is 5.26 Å². The average Bonchev–Trinajstić information content (AvgIpc) is 3.66. The molecule has 12 heteroatoms. The number of anilines is 1. The summed E-state index contributed by atoms with van der Waals surface area (Å²) in [7, 11) is 0. The number of nitriles is 1. The molecule has 1 aliphatic heterocycles. The van der Waals surface area contributed by atoms with Crippen LogP contribution in [0, 0.1) is 17.2 Å². The normalized spacial score (nSPS) is 16.0. The molecular formula is C30H36F2N6O3S. The van der Waals surface area contributed by atoms with Crippen LogP contribution in [-0.4, -0.2) is 56.1 Å². The maximum absolute atomic E-state index is 13.3. The van der Waals surface area contributed by atoms with E-state index >= 15 is 0 Å². The maximum atomic E-state index is 13.3. The Balaban J connectivity index is 1.65. The van der Waals surface area contributed by atoms with Crippen molar-refractivity contribution < 1.29 is 23.5 Å². The topological polar surface area (TPSA) is 123 Å². The number of likely N-dealkylation sites (tertiary alicyclic amines) is 1. The standard InChI is InChI=1S/C30H36F2N6O3S/c1-18(2)12-20(14-33)28(40)37-11-5-6-21(37)16-38-23-8-7-19(15-34-17-30(3,4)41)13-22(23)35-29(38)36-27(39)25-10-9-24(42-25)26(31)32/h7-10,12-13,18,21,26,34,41H,5-6,11,15-17H2,1-4H3,(H,35,36,39)/b20-12+/t21-/m1/s1. The lowest BCUT2D eigenvalue weighted by molar-refractivity contribution is -0.127. The van der Waals surface area contributed by atoms with Gasteiger partial charge in [0, 0.05) is 26.2 Å². The number of carbonyl (C=O) groups excluding carboxylic acids is 2. The molecule has 2 amide bonds. The second-order valence-corrected chi connectivity index (χ2v) is 12.6. The zero-order chi connectivity index (χ0) is 30.6. The van der Waals surface area contributed by atoms with Gasteiger partial charge in [-0.3, -0.25) is 14.9 Å². The highest BCUT2D eigenvalue weighted by Crippen LogP contribution is 2.30. The van der Waals surface area contributed by atoms with Crippen LogP contribution in [0.3, 0.4) is 0 Å². The minimum absolute atomic E-state index is 0.0408. The van der Waals surface area contributed by atoms with Crippen molar-refractivity contribution in [2.45, 2.75) is 71.7 Å². The van der Waals surface area contributed by atoms with Crippen LogP contribution in [0.1, 0.15) is 67.1 Å². The molecule has 1 atom stereocenters. The number of aromatic nitrogens is 2. The van der Waals surface area contributed by atoms with E-state index < -0.39 is 17.9 Å². The van der Waals surface area contributed by atoms with E-state index in [1.165, 1.54) is 12.1 Å². The van der Waals surface area contributed by atoms with Gasteiger partial charge in [0.15, 0.2) is 0 Å². The number of rotatable bonds is 11. The molecule has 0 unspecified atom stereocenters. The summed E-state index contributed by atoms with van der Waals surface area (Å²) in [6, 6.07) is 10.1. The maximum Gasteiger partial charge on any atom is 0.272 e. The second-order valence-electron chi connectivity index (χ2n) is 11.5. The number of alkyl halides is 2. The van der Waals surface area contributed by atoms with Crippen LogP contribution in [0.25, 0.3) is 11.0 Å². The zero-order valence-electron chi connectivity index (χ0n) is 24.2. The van der Waals surface area contributed by atoms with Crippen molar-refractivity contribution in [3.05, 3.63) is 57.3 Å². The third-order valence-electron chi connectivity index (χ3n) is 6.87. The van der Waals surface area contributed by atoms with Crippen LogP contribution in [-0.2, 0) is 17.9 Å². The lowest BCUT2D eigenvalue weighted by Crippen LogP contribution is -2.39. The van der Waals surface area contributed by atoms with E-state index in [4.69, 9.17) is 0 Å². The number of hydrogen-bond donors (Lipinski definition) is 3. The molecule has 3 aromatic rings. The smallest absolute Gasteiger partial charge is 0.272 e. The molecule has 224 valence electrons. The number of amides is 2. The van der Waals surface area contributed by atoms with Gasteiger partial charge >= 0.3 is 0 Å². The van der Waals surface area contributed by atoms with E-state index in [2.05, 4.69) is 15.6 Å². The van der Waals surface area contributed by atoms with E-state index in [-0.39, 0.29) is 39.1 Å². The number of carbonyl (C=O) groups is 2. The third-order valence-corrected chi connectivity index (χ3v) is 7.96. The van der Waals surface area contributed by atoms with Gasteiger partial charge in [0.2, 0.25) is 5.95 Å². The van der Waals surface area contributed by atoms with Crippen molar-refractivity contribution in [1.82, 2.24) is 19.8 Å². The molecule has 0 spiro atoms. The van der Waals surface area contributed by atoms with Crippen molar-refractivity contribution in [2.75, 3.05) is 18.4 Å². The Kier molecular flexibility index (Phi) is 9.76. The summed E-state index contributed by atoms with van der Waals surface area (Å²) in [4.78, 5) is 32.7. The molecule has 4 rings (SSSR count). The molecule has 0 aliphatic carbocycles. The monoisotopic (exact) mass is 598 g/mol. The number of nitrogens with one attached hydrogen (secondary N) is 2. The fourth-order valence-electron chi connectivity index (χ4n) is 4.98.